The van der Waals surface area contributed by atoms with Crippen LogP contribution in [0.2, 0.25) is 0 Å². The fourth-order valence-electron chi connectivity index (χ4n) is 2.62. The third-order valence-corrected chi connectivity index (χ3v) is 3.67. The summed E-state index contributed by atoms with van der Waals surface area (Å²) in [6.45, 7) is 13.3. The zero-order valence-electron chi connectivity index (χ0n) is 12.7. The number of carbonyl (C=O) groups excluding carboxylic acids is 1. The number of quaternary nitrogens is 1. The van der Waals surface area contributed by atoms with Crippen molar-refractivity contribution in [2.45, 2.75) is 65.7 Å². The van der Waals surface area contributed by atoms with Crippen molar-refractivity contribution in [1.82, 2.24) is 0 Å². The number of hydrogen-bond donors (Lipinski definition) is 0. The van der Waals surface area contributed by atoms with Gasteiger partial charge < -0.3 is 0 Å². The molecule has 0 saturated heterocycles. The molecule has 0 aliphatic rings. The molecule has 0 aromatic carbocycles. The number of hydrogen-bond acceptors (Lipinski definition) is 1. The van der Waals surface area contributed by atoms with Gasteiger partial charge in [0.15, 0.2) is 0 Å². The molecule has 0 rings (SSSR count). The van der Waals surface area contributed by atoms with Crippen molar-refractivity contribution < 1.29 is 9.28 Å². The molecule has 0 aromatic rings. The van der Waals surface area contributed by atoms with Crippen molar-refractivity contribution in [2.24, 2.45) is 0 Å². The molecule has 0 aliphatic carbocycles. The summed E-state index contributed by atoms with van der Waals surface area (Å²) >= 11 is 0. The molecular formula is C16H32NO+. The smallest absolute Gasteiger partial charge is 0.257 e. The SMILES string of the molecule is C=CC(=O)[N+](CCC)(CCCCC)CCCCC. The highest BCUT2D eigenvalue weighted by molar-refractivity contribution is 5.80. The predicted octanol–water partition coefficient (Wildman–Crippen LogP) is 4.31. The molecule has 0 atom stereocenters. The largest absolute Gasteiger partial charge is 0.338 e. The molecule has 0 radical (unpaired) electrons. The Hall–Kier alpha value is -0.630. The van der Waals surface area contributed by atoms with E-state index in [9.17, 15) is 4.79 Å². The minimum Gasteiger partial charge on any atom is -0.257 e. The Balaban J connectivity index is 4.66. The molecule has 0 N–H and O–H groups in total. The van der Waals surface area contributed by atoms with E-state index in [0.717, 1.165) is 38.9 Å². The summed E-state index contributed by atoms with van der Waals surface area (Å²) in [4.78, 5) is 12.3. The van der Waals surface area contributed by atoms with E-state index in [4.69, 9.17) is 0 Å². The maximum Gasteiger partial charge on any atom is 0.338 e. The van der Waals surface area contributed by atoms with Gasteiger partial charge in [0.1, 0.15) is 0 Å². The number of amides is 1. The first-order valence-electron chi connectivity index (χ1n) is 7.69. The zero-order valence-corrected chi connectivity index (χ0v) is 12.7. The minimum absolute atomic E-state index is 0.226. The van der Waals surface area contributed by atoms with Crippen LogP contribution in [0, 0.1) is 0 Å². The number of carbonyl (C=O) groups is 1. The lowest BCUT2D eigenvalue weighted by molar-refractivity contribution is -0.853. The third kappa shape index (κ3) is 5.81. The van der Waals surface area contributed by atoms with Crippen LogP contribution in [0.4, 0.5) is 0 Å². The van der Waals surface area contributed by atoms with Crippen LogP contribution in [-0.4, -0.2) is 30.0 Å². The van der Waals surface area contributed by atoms with Gasteiger partial charge in [0.25, 0.3) is 0 Å². The van der Waals surface area contributed by atoms with E-state index in [1.54, 1.807) is 0 Å². The Morgan fingerprint density at radius 2 is 1.39 bits per heavy atom. The van der Waals surface area contributed by atoms with E-state index >= 15 is 0 Å². The van der Waals surface area contributed by atoms with E-state index in [1.807, 2.05) is 0 Å². The van der Waals surface area contributed by atoms with Gasteiger partial charge in [-0.15, -0.1) is 0 Å². The van der Waals surface area contributed by atoms with Gasteiger partial charge in [-0.2, -0.15) is 0 Å². The molecule has 0 aliphatic heterocycles. The fraction of sp³-hybridized carbons (Fsp3) is 0.812. The van der Waals surface area contributed by atoms with Crippen molar-refractivity contribution in [3.05, 3.63) is 12.7 Å². The predicted molar refractivity (Wildman–Crippen MR) is 79.4 cm³/mol. The Morgan fingerprint density at radius 3 is 1.72 bits per heavy atom. The summed E-state index contributed by atoms with van der Waals surface area (Å²) < 4.78 is 0.639. The summed E-state index contributed by atoms with van der Waals surface area (Å²) in [5.74, 6) is 0.226. The van der Waals surface area contributed by atoms with Crippen molar-refractivity contribution in [3.8, 4) is 0 Å². The van der Waals surface area contributed by atoms with Crippen LogP contribution in [0.1, 0.15) is 65.7 Å². The van der Waals surface area contributed by atoms with Crippen LogP contribution in [0.15, 0.2) is 12.7 Å². The molecule has 0 unspecified atom stereocenters. The number of rotatable bonds is 11. The summed E-state index contributed by atoms with van der Waals surface area (Å²) in [6.07, 6.45) is 9.78. The highest BCUT2D eigenvalue weighted by atomic mass is 16.2. The van der Waals surface area contributed by atoms with Gasteiger partial charge in [-0.25, -0.2) is 4.79 Å². The first kappa shape index (κ1) is 17.4. The van der Waals surface area contributed by atoms with E-state index in [1.165, 1.54) is 31.8 Å². The van der Waals surface area contributed by atoms with Crippen LogP contribution in [0.5, 0.6) is 0 Å². The van der Waals surface area contributed by atoms with Gasteiger partial charge in [-0.3, -0.25) is 4.48 Å². The Bertz CT molecular complexity index is 225. The fourth-order valence-corrected chi connectivity index (χ4v) is 2.62. The summed E-state index contributed by atoms with van der Waals surface area (Å²) in [5, 5.41) is 0. The lowest BCUT2D eigenvalue weighted by Gasteiger charge is -2.35. The van der Waals surface area contributed by atoms with E-state index in [2.05, 4.69) is 27.4 Å². The second-order valence-electron chi connectivity index (χ2n) is 5.27. The molecule has 0 heterocycles. The van der Waals surface area contributed by atoms with Crippen LogP contribution < -0.4 is 0 Å². The normalized spacial score (nSPS) is 11.5. The quantitative estimate of drug-likeness (QED) is 0.305. The molecule has 18 heavy (non-hydrogen) atoms. The summed E-state index contributed by atoms with van der Waals surface area (Å²) in [7, 11) is 0. The standard InChI is InChI=1S/C16H32NO/c1-5-9-11-14-17(13-7-3,16(18)8-4)15-12-10-6-2/h8H,4-7,9-15H2,1-3H3/q+1. The van der Waals surface area contributed by atoms with Gasteiger partial charge in [0, 0.05) is 6.08 Å². The maximum atomic E-state index is 12.3. The Kier molecular flexibility index (Phi) is 9.95. The second kappa shape index (κ2) is 10.3. The monoisotopic (exact) mass is 254 g/mol. The molecule has 106 valence electrons. The van der Waals surface area contributed by atoms with Gasteiger partial charge in [-0.1, -0.05) is 40.2 Å². The minimum atomic E-state index is 0.226. The van der Waals surface area contributed by atoms with Gasteiger partial charge in [0.05, 0.1) is 19.6 Å². The van der Waals surface area contributed by atoms with Crippen LogP contribution in [0.25, 0.3) is 0 Å². The number of unbranched alkanes of at least 4 members (excludes halogenated alkanes) is 4. The first-order chi connectivity index (χ1) is 8.66. The zero-order chi connectivity index (χ0) is 13.9. The van der Waals surface area contributed by atoms with E-state index in [-0.39, 0.29) is 5.91 Å². The van der Waals surface area contributed by atoms with E-state index < -0.39 is 0 Å². The first-order valence-corrected chi connectivity index (χ1v) is 7.69. The second-order valence-corrected chi connectivity index (χ2v) is 5.27. The molecule has 1 amide bonds. The van der Waals surface area contributed by atoms with Crippen molar-refractivity contribution >= 4 is 5.91 Å². The average Bonchev–Trinajstić information content (AvgIpc) is 2.38. The lowest BCUT2D eigenvalue weighted by atomic mass is 10.1. The van der Waals surface area contributed by atoms with E-state index in [0.29, 0.717) is 4.48 Å². The molecule has 0 bridgehead atoms. The van der Waals surface area contributed by atoms with Gasteiger partial charge >= 0.3 is 5.91 Å². The number of nitrogens with zero attached hydrogens (tertiary/aromatic N) is 1. The van der Waals surface area contributed by atoms with Gasteiger partial charge in [-0.05, 0) is 32.1 Å². The molecule has 2 heteroatoms. The Labute approximate surface area is 114 Å². The van der Waals surface area contributed by atoms with Crippen molar-refractivity contribution in [3.63, 3.8) is 0 Å². The molecular weight excluding hydrogens is 222 g/mol. The molecule has 2 nitrogen and oxygen atoms in total. The van der Waals surface area contributed by atoms with Crippen LogP contribution in [-0.2, 0) is 4.79 Å². The highest BCUT2D eigenvalue weighted by Gasteiger charge is 2.32. The Morgan fingerprint density at radius 1 is 0.889 bits per heavy atom. The van der Waals surface area contributed by atoms with Crippen LogP contribution in [0.3, 0.4) is 0 Å². The van der Waals surface area contributed by atoms with Gasteiger partial charge in [0.2, 0.25) is 0 Å². The van der Waals surface area contributed by atoms with Crippen molar-refractivity contribution in [2.75, 3.05) is 19.6 Å². The topological polar surface area (TPSA) is 17.1 Å². The molecule has 0 aromatic heterocycles. The highest BCUT2D eigenvalue weighted by Crippen LogP contribution is 2.16. The average molecular weight is 254 g/mol. The summed E-state index contributed by atoms with van der Waals surface area (Å²) in [5.41, 5.74) is 0. The lowest BCUT2D eigenvalue weighted by Crippen LogP contribution is -2.53. The molecule has 0 saturated carbocycles. The van der Waals surface area contributed by atoms with Crippen LogP contribution >= 0.6 is 0 Å². The van der Waals surface area contributed by atoms with Crippen molar-refractivity contribution in [1.29, 1.82) is 0 Å². The summed E-state index contributed by atoms with van der Waals surface area (Å²) in [6, 6.07) is 0. The maximum absolute atomic E-state index is 12.3. The molecule has 0 spiro atoms. The third-order valence-electron chi connectivity index (χ3n) is 3.67. The molecule has 0 fully saturated rings.